The highest BCUT2D eigenvalue weighted by Crippen LogP contribution is 2.28. The van der Waals surface area contributed by atoms with Gasteiger partial charge >= 0.3 is 0 Å². The predicted molar refractivity (Wildman–Crippen MR) is 64.9 cm³/mol. The van der Waals surface area contributed by atoms with E-state index in [1.807, 2.05) is 6.92 Å². The summed E-state index contributed by atoms with van der Waals surface area (Å²) in [5, 5.41) is 12.7. The Morgan fingerprint density at radius 1 is 1.47 bits per heavy atom. The lowest BCUT2D eigenvalue weighted by Crippen LogP contribution is -2.40. The topological polar surface area (TPSA) is 84.6 Å². The first-order chi connectivity index (χ1) is 7.95. The summed E-state index contributed by atoms with van der Waals surface area (Å²) in [5.74, 6) is 0.375. The second kappa shape index (κ2) is 5.54. The van der Waals surface area contributed by atoms with Crippen LogP contribution in [0.2, 0.25) is 0 Å². The zero-order chi connectivity index (χ0) is 13.0. The van der Waals surface area contributed by atoms with Crippen LogP contribution in [0.25, 0.3) is 0 Å². The van der Waals surface area contributed by atoms with Gasteiger partial charge in [0.2, 0.25) is 5.91 Å². The molecule has 0 bridgehead atoms. The molecule has 2 unspecified atom stereocenters. The molecule has 0 aliphatic carbocycles. The summed E-state index contributed by atoms with van der Waals surface area (Å²) < 4.78 is 5.08. The van der Waals surface area contributed by atoms with Gasteiger partial charge in [-0.25, -0.2) is 0 Å². The molecule has 2 atom stereocenters. The molecule has 0 fully saturated rings. The van der Waals surface area contributed by atoms with Crippen molar-refractivity contribution in [3.63, 3.8) is 0 Å². The van der Waals surface area contributed by atoms with Crippen molar-refractivity contribution in [2.24, 2.45) is 5.73 Å². The summed E-state index contributed by atoms with van der Waals surface area (Å²) in [7, 11) is 1.56. The van der Waals surface area contributed by atoms with Crippen LogP contribution in [0.15, 0.2) is 18.2 Å². The fraction of sp³-hybridized carbons (Fsp3) is 0.417. The molecule has 4 N–H and O–H groups in total. The number of carbonyl (C=O) groups excluding carboxylic acids is 1. The number of benzene rings is 1. The van der Waals surface area contributed by atoms with Gasteiger partial charge in [-0.2, -0.15) is 0 Å². The van der Waals surface area contributed by atoms with Crippen LogP contribution < -0.4 is 15.8 Å². The molecular formula is C12H18N2O3. The SMILES string of the molecule is COc1ccc(O)c(C(C)NC(C)C(N)=O)c1. The number of hydrogen-bond donors (Lipinski definition) is 3. The maximum Gasteiger partial charge on any atom is 0.234 e. The lowest BCUT2D eigenvalue weighted by molar-refractivity contribution is -0.119. The maximum atomic E-state index is 10.9. The minimum absolute atomic E-state index is 0.155. The van der Waals surface area contributed by atoms with Crippen molar-refractivity contribution in [1.82, 2.24) is 5.32 Å². The highest BCUT2D eigenvalue weighted by atomic mass is 16.5. The summed E-state index contributed by atoms with van der Waals surface area (Å²) in [5.41, 5.74) is 5.83. The molecule has 94 valence electrons. The number of methoxy groups -OCH3 is 1. The van der Waals surface area contributed by atoms with E-state index in [0.29, 0.717) is 11.3 Å². The summed E-state index contributed by atoms with van der Waals surface area (Å²) in [6.07, 6.45) is 0. The Bertz CT molecular complexity index is 407. The molecule has 17 heavy (non-hydrogen) atoms. The van der Waals surface area contributed by atoms with Crippen LogP contribution in [0.3, 0.4) is 0 Å². The molecule has 0 radical (unpaired) electrons. The summed E-state index contributed by atoms with van der Waals surface area (Å²) >= 11 is 0. The average molecular weight is 238 g/mol. The molecule has 1 aromatic rings. The summed E-state index contributed by atoms with van der Waals surface area (Å²) in [4.78, 5) is 10.9. The van der Waals surface area contributed by atoms with E-state index in [4.69, 9.17) is 10.5 Å². The van der Waals surface area contributed by atoms with E-state index in [1.165, 1.54) is 0 Å². The molecule has 0 saturated carbocycles. The Morgan fingerprint density at radius 2 is 2.12 bits per heavy atom. The Balaban J connectivity index is 2.87. The number of rotatable bonds is 5. The van der Waals surface area contributed by atoms with Crippen LogP contribution in [0, 0.1) is 0 Å². The molecule has 0 spiro atoms. The van der Waals surface area contributed by atoms with Crippen LogP contribution in [0.4, 0.5) is 0 Å². The minimum Gasteiger partial charge on any atom is -0.508 e. The Kier molecular flexibility index (Phi) is 4.34. The van der Waals surface area contributed by atoms with Crippen LogP contribution in [-0.4, -0.2) is 24.2 Å². The molecule has 5 nitrogen and oxygen atoms in total. The first-order valence-electron chi connectivity index (χ1n) is 5.38. The predicted octanol–water partition coefficient (Wildman–Crippen LogP) is 0.925. The van der Waals surface area contributed by atoms with Gasteiger partial charge in [-0.15, -0.1) is 0 Å². The Morgan fingerprint density at radius 3 is 2.65 bits per heavy atom. The second-order valence-electron chi connectivity index (χ2n) is 3.94. The monoisotopic (exact) mass is 238 g/mol. The van der Waals surface area contributed by atoms with E-state index in [9.17, 15) is 9.90 Å². The number of phenolic OH excluding ortho intramolecular Hbond substituents is 1. The van der Waals surface area contributed by atoms with Gasteiger partial charge in [0.1, 0.15) is 11.5 Å². The fourth-order valence-corrected chi connectivity index (χ4v) is 1.55. The number of nitrogens with two attached hydrogens (primary N) is 1. The molecular weight excluding hydrogens is 220 g/mol. The van der Waals surface area contributed by atoms with Crippen molar-refractivity contribution in [1.29, 1.82) is 0 Å². The second-order valence-corrected chi connectivity index (χ2v) is 3.94. The van der Waals surface area contributed by atoms with Gasteiger partial charge < -0.3 is 15.6 Å². The molecule has 0 aliphatic heterocycles. The smallest absolute Gasteiger partial charge is 0.234 e. The fourth-order valence-electron chi connectivity index (χ4n) is 1.55. The molecule has 1 rings (SSSR count). The number of carbonyl (C=O) groups is 1. The first kappa shape index (κ1) is 13.3. The van der Waals surface area contributed by atoms with Crippen LogP contribution in [0.1, 0.15) is 25.5 Å². The molecule has 1 aromatic carbocycles. The van der Waals surface area contributed by atoms with Crippen LogP contribution in [0.5, 0.6) is 11.5 Å². The standard InChI is InChI=1S/C12H18N2O3/c1-7(14-8(2)12(13)16)10-6-9(17-3)4-5-11(10)15/h4-8,14-15H,1-3H3,(H2,13,16). The van der Waals surface area contributed by atoms with Crippen molar-refractivity contribution in [3.8, 4) is 11.5 Å². The van der Waals surface area contributed by atoms with E-state index in [0.717, 1.165) is 0 Å². The van der Waals surface area contributed by atoms with Crippen molar-refractivity contribution in [2.75, 3.05) is 7.11 Å². The summed E-state index contributed by atoms with van der Waals surface area (Å²) in [6, 6.07) is 4.29. The number of phenols is 1. The number of ether oxygens (including phenoxy) is 1. The van der Waals surface area contributed by atoms with Gasteiger partial charge in [0.25, 0.3) is 0 Å². The largest absolute Gasteiger partial charge is 0.508 e. The van der Waals surface area contributed by atoms with E-state index in [2.05, 4.69) is 5.32 Å². The molecule has 0 aliphatic rings. The average Bonchev–Trinajstić information content (AvgIpc) is 2.29. The number of nitrogens with one attached hydrogen (secondary N) is 1. The van der Waals surface area contributed by atoms with Gasteiger partial charge in [0, 0.05) is 11.6 Å². The van der Waals surface area contributed by atoms with E-state index < -0.39 is 11.9 Å². The summed E-state index contributed by atoms with van der Waals surface area (Å²) in [6.45, 7) is 3.52. The van der Waals surface area contributed by atoms with Crippen molar-refractivity contribution >= 4 is 5.91 Å². The molecule has 5 heteroatoms. The number of hydrogen-bond acceptors (Lipinski definition) is 4. The highest BCUT2D eigenvalue weighted by molar-refractivity contribution is 5.79. The molecule has 0 saturated heterocycles. The van der Waals surface area contributed by atoms with Crippen molar-refractivity contribution in [3.05, 3.63) is 23.8 Å². The van der Waals surface area contributed by atoms with Crippen molar-refractivity contribution < 1.29 is 14.6 Å². The third kappa shape index (κ3) is 3.35. The van der Waals surface area contributed by atoms with Gasteiger partial charge in [0.05, 0.1) is 13.2 Å². The van der Waals surface area contributed by atoms with E-state index >= 15 is 0 Å². The third-order valence-corrected chi connectivity index (χ3v) is 2.63. The van der Waals surface area contributed by atoms with Crippen LogP contribution >= 0.6 is 0 Å². The molecule has 0 heterocycles. The zero-order valence-corrected chi connectivity index (χ0v) is 10.2. The number of primary amides is 1. The first-order valence-corrected chi connectivity index (χ1v) is 5.38. The molecule has 1 amide bonds. The highest BCUT2D eigenvalue weighted by Gasteiger charge is 2.16. The Hall–Kier alpha value is -1.75. The lowest BCUT2D eigenvalue weighted by Gasteiger charge is -2.19. The van der Waals surface area contributed by atoms with E-state index in [-0.39, 0.29) is 11.8 Å². The zero-order valence-electron chi connectivity index (χ0n) is 10.2. The molecule has 0 aromatic heterocycles. The van der Waals surface area contributed by atoms with Gasteiger partial charge in [-0.1, -0.05) is 0 Å². The van der Waals surface area contributed by atoms with Gasteiger partial charge in [0.15, 0.2) is 0 Å². The van der Waals surface area contributed by atoms with Gasteiger partial charge in [-0.3, -0.25) is 10.1 Å². The Labute approximate surface area is 101 Å². The number of aromatic hydroxyl groups is 1. The van der Waals surface area contributed by atoms with Crippen molar-refractivity contribution in [2.45, 2.75) is 25.9 Å². The van der Waals surface area contributed by atoms with Gasteiger partial charge in [-0.05, 0) is 32.0 Å². The lowest BCUT2D eigenvalue weighted by atomic mass is 10.1. The van der Waals surface area contributed by atoms with E-state index in [1.54, 1.807) is 32.2 Å². The normalized spacial score (nSPS) is 14.1. The van der Waals surface area contributed by atoms with Crippen LogP contribution in [-0.2, 0) is 4.79 Å². The third-order valence-electron chi connectivity index (χ3n) is 2.63. The maximum absolute atomic E-state index is 10.9. The quantitative estimate of drug-likeness (QED) is 0.712. The minimum atomic E-state index is -0.462. The number of amides is 1.